The van der Waals surface area contributed by atoms with Crippen LogP contribution in [0.4, 0.5) is 0 Å². The Morgan fingerprint density at radius 2 is 2.06 bits per heavy atom. The molecule has 0 saturated carbocycles. The van der Waals surface area contributed by atoms with E-state index >= 15 is 0 Å². The van der Waals surface area contributed by atoms with E-state index in [2.05, 4.69) is 24.0 Å². The largest absolute Gasteiger partial charge is 0.480 e. The summed E-state index contributed by atoms with van der Waals surface area (Å²) in [7, 11) is 0. The second-order valence-corrected chi connectivity index (χ2v) is 4.96. The van der Waals surface area contributed by atoms with Crippen LogP contribution >= 0.6 is 0 Å². The zero-order valence-corrected chi connectivity index (χ0v) is 10.4. The SMILES string of the molecule is CC(c1ccccc1)N1CCC[C@@]1(C)C(=O)O. The zero-order chi connectivity index (χ0) is 12.5. The highest BCUT2D eigenvalue weighted by molar-refractivity contribution is 5.78. The molecule has 1 aliphatic heterocycles. The number of carboxylic acids is 1. The van der Waals surface area contributed by atoms with Crippen molar-refractivity contribution >= 4 is 5.97 Å². The maximum absolute atomic E-state index is 11.4. The number of hydrogen-bond donors (Lipinski definition) is 1. The number of aliphatic carboxylic acids is 1. The molecule has 0 spiro atoms. The minimum absolute atomic E-state index is 0.153. The van der Waals surface area contributed by atoms with Gasteiger partial charge in [0.25, 0.3) is 0 Å². The van der Waals surface area contributed by atoms with Crippen LogP contribution in [0.5, 0.6) is 0 Å². The summed E-state index contributed by atoms with van der Waals surface area (Å²) in [6.07, 6.45) is 1.69. The second kappa shape index (κ2) is 4.49. The Morgan fingerprint density at radius 1 is 1.41 bits per heavy atom. The molecule has 92 valence electrons. The van der Waals surface area contributed by atoms with Crippen molar-refractivity contribution in [2.24, 2.45) is 0 Å². The summed E-state index contributed by atoms with van der Waals surface area (Å²) in [6.45, 7) is 4.78. The lowest BCUT2D eigenvalue weighted by Gasteiger charge is -2.36. The second-order valence-electron chi connectivity index (χ2n) is 4.96. The molecule has 2 rings (SSSR count). The number of nitrogens with zero attached hydrogens (tertiary/aromatic N) is 1. The molecule has 1 aromatic rings. The third kappa shape index (κ3) is 2.07. The van der Waals surface area contributed by atoms with Crippen LogP contribution in [-0.4, -0.2) is 28.1 Å². The summed E-state index contributed by atoms with van der Waals surface area (Å²) < 4.78 is 0. The lowest BCUT2D eigenvalue weighted by Crippen LogP contribution is -2.48. The summed E-state index contributed by atoms with van der Waals surface area (Å²) in [5.41, 5.74) is 0.469. The fourth-order valence-electron chi connectivity index (χ4n) is 2.75. The molecule has 0 radical (unpaired) electrons. The molecule has 0 bridgehead atoms. The quantitative estimate of drug-likeness (QED) is 0.872. The Kier molecular flexibility index (Phi) is 3.20. The fraction of sp³-hybridized carbons (Fsp3) is 0.500. The van der Waals surface area contributed by atoms with E-state index in [1.54, 1.807) is 0 Å². The van der Waals surface area contributed by atoms with Crippen LogP contribution in [0.15, 0.2) is 30.3 Å². The summed E-state index contributed by atoms with van der Waals surface area (Å²) in [4.78, 5) is 13.5. The van der Waals surface area contributed by atoms with E-state index in [4.69, 9.17) is 0 Å². The number of hydrogen-bond acceptors (Lipinski definition) is 2. The van der Waals surface area contributed by atoms with Gasteiger partial charge in [-0.2, -0.15) is 0 Å². The predicted octanol–water partition coefficient (Wildman–Crippen LogP) is 2.69. The number of carbonyl (C=O) groups is 1. The molecule has 1 N–H and O–H groups in total. The first-order chi connectivity index (χ1) is 8.05. The van der Waals surface area contributed by atoms with E-state index in [1.165, 1.54) is 5.56 Å². The number of benzene rings is 1. The molecular formula is C14H19NO2. The van der Waals surface area contributed by atoms with Crippen molar-refractivity contribution in [1.29, 1.82) is 0 Å². The van der Waals surface area contributed by atoms with Crippen LogP contribution in [0.3, 0.4) is 0 Å². The first-order valence-electron chi connectivity index (χ1n) is 6.11. The van der Waals surface area contributed by atoms with Gasteiger partial charge in [0.1, 0.15) is 5.54 Å². The molecule has 3 heteroatoms. The third-order valence-electron chi connectivity index (χ3n) is 3.91. The van der Waals surface area contributed by atoms with Crippen LogP contribution in [0.1, 0.15) is 38.3 Å². The van der Waals surface area contributed by atoms with Crippen molar-refractivity contribution in [2.45, 2.75) is 38.3 Å². The van der Waals surface area contributed by atoms with Gasteiger partial charge < -0.3 is 5.11 Å². The van der Waals surface area contributed by atoms with E-state index in [0.29, 0.717) is 0 Å². The topological polar surface area (TPSA) is 40.5 Å². The number of rotatable bonds is 3. The molecule has 1 saturated heterocycles. The molecule has 0 amide bonds. The van der Waals surface area contributed by atoms with Crippen LogP contribution in [0.2, 0.25) is 0 Å². The minimum Gasteiger partial charge on any atom is -0.480 e. The van der Waals surface area contributed by atoms with Crippen molar-refractivity contribution in [3.05, 3.63) is 35.9 Å². The molecule has 0 aliphatic carbocycles. The molecule has 17 heavy (non-hydrogen) atoms. The van der Waals surface area contributed by atoms with Crippen molar-refractivity contribution in [3.63, 3.8) is 0 Å². The van der Waals surface area contributed by atoms with Crippen molar-refractivity contribution in [1.82, 2.24) is 4.90 Å². The smallest absolute Gasteiger partial charge is 0.323 e. The predicted molar refractivity (Wildman–Crippen MR) is 66.8 cm³/mol. The van der Waals surface area contributed by atoms with Crippen LogP contribution in [-0.2, 0) is 4.79 Å². The normalized spacial score (nSPS) is 26.9. The maximum atomic E-state index is 11.4. The lowest BCUT2D eigenvalue weighted by atomic mass is 9.96. The average molecular weight is 233 g/mol. The Labute approximate surface area is 102 Å². The van der Waals surface area contributed by atoms with Gasteiger partial charge in [0.15, 0.2) is 0 Å². The summed E-state index contributed by atoms with van der Waals surface area (Å²) >= 11 is 0. The highest BCUT2D eigenvalue weighted by Gasteiger charge is 2.45. The van der Waals surface area contributed by atoms with Crippen LogP contribution in [0, 0.1) is 0 Å². The van der Waals surface area contributed by atoms with Crippen LogP contribution in [0.25, 0.3) is 0 Å². The van der Waals surface area contributed by atoms with Crippen molar-refractivity contribution in [2.75, 3.05) is 6.54 Å². The van der Waals surface area contributed by atoms with Gasteiger partial charge in [-0.05, 0) is 38.8 Å². The zero-order valence-electron chi connectivity index (χ0n) is 10.4. The molecule has 1 fully saturated rings. The van der Waals surface area contributed by atoms with Gasteiger partial charge in [0.05, 0.1) is 0 Å². The monoisotopic (exact) mass is 233 g/mol. The van der Waals surface area contributed by atoms with E-state index < -0.39 is 11.5 Å². The van der Waals surface area contributed by atoms with Gasteiger partial charge in [-0.25, -0.2) is 0 Å². The minimum atomic E-state index is -0.713. The van der Waals surface area contributed by atoms with Gasteiger partial charge in [0.2, 0.25) is 0 Å². The van der Waals surface area contributed by atoms with E-state index in [9.17, 15) is 9.90 Å². The highest BCUT2D eigenvalue weighted by Crippen LogP contribution is 2.36. The van der Waals surface area contributed by atoms with Crippen molar-refractivity contribution in [3.8, 4) is 0 Å². The number of carboxylic acid groups (broad SMARTS) is 1. The Balaban J connectivity index is 2.25. The summed E-state index contributed by atoms with van der Waals surface area (Å²) in [5, 5.41) is 9.40. The van der Waals surface area contributed by atoms with Gasteiger partial charge in [-0.15, -0.1) is 0 Å². The van der Waals surface area contributed by atoms with E-state index in [1.807, 2.05) is 25.1 Å². The lowest BCUT2D eigenvalue weighted by molar-refractivity contribution is -0.149. The molecule has 1 aliphatic rings. The third-order valence-corrected chi connectivity index (χ3v) is 3.91. The van der Waals surface area contributed by atoms with E-state index in [0.717, 1.165) is 19.4 Å². The molecule has 2 atom stereocenters. The molecule has 1 heterocycles. The standard InChI is InChI=1S/C14H19NO2/c1-11(12-7-4-3-5-8-12)15-10-6-9-14(15,2)13(16)17/h3-5,7-8,11H,6,9-10H2,1-2H3,(H,16,17)/t11?,14-/m0/s1. The fourth-order valence-corrected chi connectivity index (χ4v) is 2.75. The number of likely N-dealkylation sites (tertiary alicyclic amines) is 1. The summed E-state index contributed by atoms with van der Waals surface area (Å²) in [5.74, 6) is -0.710. The molecule has 1 unspecified atom stereocenters. The molecule has 3 nitrogen and oxygen atoms in total. The van der Waals surface area contributed by atoms with Gasteiger partial charge in [-0.1, -0.05) is 30.3 Å². The molecule has 1 aromatic carbocycles. The van der Waals surface area contributed by atoms with Gasteiger partial charge >= 0.3 is 5.97 Å². The van der Waals surface area contributed by atoms with Crippen molar-refractivity contribution < 1.29 is 9.90 Å². The Hall–Kier alpha value is -1.35. The van der Waals surface area contributed by atoms with Gasteiger partial charge in [-0.3, -0.25) is 9.69 Å². The Morgan fingerprint density at radius 3 is 2.65 bits per heavy atom. The first kappa shape index (κ1) is 12.1. The highest BCUT2D eigenvalue weighted by atomic mass is 16.4. The molecular weight excluding hydrogens is 214 g/mol. The Bertz CT molecular complexity index is 404. The average Bonchev–Trinajstić information content (AvgIpc) is 2.73. The van der Waals surface area contributed by atoms with E-state index in [-0.39, 0.29) is 6.04 Å². The maximum Gasteiger partial charge on any atom is 0.323 e. The molecule has 0 aromatic heterocycles. The first-order valence-corrected chi connectivity index (χ1v) is 6.11. The van der Waals surface area contributed by atoms with Crippen LogP contribution < -0.4 is 0 Å². The summed E-state index contributed by atoms with van der Waals surface area (Å²) in [6, 6.07) is 10.3. The van der Waals surface area contributed by atoms with Gasteiger partial charge in [0, 0.05) is 6.04 Å².